The number of oxazole rings is 1. The third-order valence-electron chi connectivity index (χ3n) is 5.47. The highest BCUT2D eigenvalue weighted by Gasteiger charge is 2.22. The summed E-state index contributed by atoms with van der Waals surface area (Å²) in [7, 11) is 0. The van der Waals surface area contributed by atoms with Gasteiger partial charge in [-0.1, -0.05) is 18.2 Å². The van der Waals surface area contributed by atoms with Gasteiger partial charge >= 0.3 is 5.97 Å². The second-order valence-corrected chi connectivity index (χ2v) is 7.66. The van der Waals surface area contributed by atoms with Crippen LogP contribution in [0.15, 0.2) is 71.1 Å². The zero-order valence-electron chi connectivity index (χ0n) is 17.2. The lowest BCUT2D eigenvalue weighted by atomic mass is 10.1. The second kappa shape index (κ2) is 8.19. The van der Waals surface area contributed by atoms with E-state index in [4.69, 9.17) is 14.3 Å². The Balaban J connectivity index is 1.51. The van der Waals surface area contributed by atoms with Gasteiger partial charge in [-0.3, -0.25) is 4.79 Å². The minimum atomic E-state index is -0.997. The number of aromatic nitrogens is 1. The van der Waals surface area contributed by atoms with Crippen molar-refractivity contribution < 1.29 is 23.8 Å². The van der Waals surface area contributed by atoms with Gasteiger partial charge in [-0.15, -0.1) is 0 Å². The predicted octanol–water partition coefficient (Wildman–Crippen LogP) is 5.11. The monoisotopic (exact) mass is 428 g/mol. The summed E-state index contributed by atoms with van der Waals surface area (Å²) in [5.74, 6) is 0.667. The number of carbonyl (C=O) groups is 2. The molecule has 2 heterocycles. The quantitative estimate of drug-likeness (QED) is 0.459. The summed E-state index contributed by atoms with van der Waals surface area (Å²) in [6.07, 6.45) is 1.42. The van der Waals surface area contributed by atoms with Gasteiger partial charge in [0.15, 0.2) is 5.58 Å². The number of nitrogens with zero attached hydrogens (tertiary/aromatic N) is 2. The topological polar surface area (TPSA) is 92.9 Å². The molecule has 1 aromatic heterocycles. The summed E-state index contributed by atoms with van der Waals surface area (Å²) >= 11 is 0. The summed E-state index contributed by atoms with van der Waals surface area (Å²) in [5.41, 5.74) is 3.24. The van der Waals surface area contributed by atoms with Gasteiger partial charge < -0.3 is 19.2 Å². The number of para-hydroxylation sites is 2. The number of hydrogen-bond donors (Lipinski definition) is 1. The van der Waals surface area contributed by atoms with E-state index in [1.54, 1.807) is 12.1 Å². The van der Waals surface area contributed by atoms with Gasteiger partial charge in [0.2, 0.25) is 11.8 Å². The van der Waals surface area contributed by atoms with Crippen molar-refractivity contribution in [3.63, 3.8) is 0 Å². The third kappa shape index (κ3) is 3.92. The third-order valence-corrected chi connectivity index (χ3v) is 5.47. The molecule has 4 aromatic rings. The number of rotatable bonds is 6. The van der Waals surface area contributed by atoms with Gasteiger partial charge in [0.25, 0.3) is 0 Å². The molecule has 0 saturated carbocycles. The number of amides is 1. The summed E-state index contributed by atoms with van der Waals surface area (Å²) in [6.45, 7) is 1.16. The number of likely N-dealkylation sites (tertiary alicyclic amines) is 1. The molecule has 1 N–H and O–H groups in total. The molecule has 0 unspecified atom stereocenters. The molecule has 0 radical (unpaired) electrons. The normalized spacial score (nSPS) is 13.6. The average Bonchev–Trinajstić information content (AvgIpc) is 3.41. The van der Waals surface area contributed by atoms with E-state index < -0.39 is 5.97 Å². The van der Waals surface area contributed by atoms with Crippen LogP contribution in [0.25, 0.3) is 22.6 Å². The van der Waals surface area contributed by atoms with Gasteiger partial charge in [0.05, 0.1) is 5.56 Å². The van der Waals surface area contributed by atoms with E-state index >= 15 is 0 Å². The average molecular weight is 428 g/mol. The lowest BCUT2D eigenvalue weighted by Gasteiger charge is -2.19. The Kier molecular flexibility index (Phi) is 5.07. The lowest BCUT2D eigenvalue weighted by Crippen LogP contribution is -2.24. The fraction of sp³-hybridized carbons (Fsp3) is 0.160. The Morgan fingerprint density at radius 2 is 1.91 bits per heavy atom. The van der Waals surface area contributed by atoms with Crippen LogP contribution in [0.1, 0.15) is 28.8 Å². The van der Waals surface area contributed by atoms with Crippen molar-refractivity contribution in [2.45, 2.75) is 19.4 Å². The van der Waals surface area contributed by atoms with Crippen LogP contribution in [0.2, 0.25) is 0 Å². The Morgan fingerprint density at radius 3 is 2.62 bits per heavy atom. The van der Waals surface area contributed by atoms with E-state index in [0.29, 0.717) is 35.9 Å². The SMILES string of the molecule is O=C(O)c1ccc(Oc2cc(-c3nc4ccccc4o3)ccc2CN2CCCC2=O)cc1. The predicted molar refractivity (Wildman–Crippen MR) is 118 cm³/mol. The summed E-state index contributed by atoms with van der Waals surface area (Å²) in [6, 6.07) is 19.4. The highest BCUT2D eigenvalue weighted by Crippen LogP contribution is 2.33. The summed E-state index contributed by atoms with van der Waals surface area (Å²) in [5, 5.41) is 9.12. The summed E-state index contributed by atoms with van der Waals surface area (Å²) in [4.78, 5) is 29.6. The highest BCUT2D eigenvalue weighted by molar-refractivity contribution is 5.87. The van der Waals surface area contributed by atoms with Gasteiger partial charge in [-0.25, -0.2) is 9.78 Å². The molecular weight excluding hydrogens is 408 g/mol. The number of fused-ring (bicyclic) bond motifs is 1. The zero-order chi connectivity index (χ0) is 22.1. The standard InChI is InChI=1S/C25H20N2O5/c28-23-6-3-13-27(23)15-18-8-7-17(24-26-20-4-1-2-5-21(20)32-24)14-22(18)31-19-11-9-16(10-12-19)25(29)30/h1-2,4-5,7-12,14H,3,6,13,15H2,(H,29,30). The molecule has 0 bridgehead atoms. The molecule has 7 heteroatoms. The minimum Gasteiger partial charge on any atom is -0.478 e. The van der Waals surface area contributed by atoms with Crippen LogP contribution >= 0.6 is 0 Å². The van der Waals surface area contributed by atoms with Gasteiger partial charge in [0.1, 0.15) is 17.0 Å². The number of benzene rings is 3. The van der Waals surface area contributed by atoms with Crippen LogP contribution in [0.4, 0.5) is 0 Å². The number of ether oxygens (including phenoxy) is 1. The van der Waals surface area contributed by atoms with Crippen molar-refractivity contribution in [3.05, 3.63) is 77.9 Å². The van der Waals surface area contributed by atoms with Crippen LogP contribution in [0, 0.1) is 0 Å². The molecule has 32 heavy (non-hydrogen) atoms. The first-order chi connectivity index (χ1) is 15.6. The smallest absolute Gasteiger partial charge is 0.335 e. The number of hydrogen-bond acceptors (Lipinski definition) is 5. The van der Waals surface area contributed by atoms with Crippen LogP contribution in [0.5, 0.6) is 11.5 Å². The summed E-state index contributed by atoms with van der Waals surface area (Å²) < 4.78 is 12.0. The zero-order valence-corrected chi connectivity index (χ0v) is 17.2. The maximum atomic E-state index is 12.1. The van der Waals surface area contributed by atoms with Gasteiger partial charge in [-0.05, 0) is 55.0 Å². The van der Waals surface area contributed by atoms with Crippen LogP contribution in [-0.4, -0.2) is 33.4 Å². The molecule has 1 aliphatic heterocycles. The molecular formula is C25H20N2O5. The van der Waals surface area contributed by atoms with E-state index in [2.05, 4.69) is 4.98 Å². The number of carboxylic acids is 1. The fourth-order valence-corrected chi connectivity index (χ4v) is 3.78. The van der Waals surface area contributed by atoms with Crippen molar-refractivity contribution in [3.8, 4) is 23.0 Å². The Bertz CT molecular complexity index is 1280. The first-order valence-corrected chi connectivity index (χ1v) is 10.3. The minimum absolute atomic E-state index is 0.129. The molecule has 0 aliphatic carbocycles. The molecule has 7 nitrogen and oxygen atoms in total. The van der Waals surface area contributed by atoms with Crippen molar-refractivity contribution in [1.82, 2.24) is 9.88 Å². The van der Waals surface area contributed by atoms with Crippen LogP contribution in [-0.2, 0) is 11.3 Å². The van der Waals surface area contributed by atoms with E-state index in [1.165, 1.54) is 12.1 Å². The molecule has 1 aliphatic rings. The maximum Gasteiger partial charge on any atom is 0.335 e. The number of carbonyl (C=O) groups excluding carboxylic acids is 1. The lowest BCUT2D eigenvalue weighted by molar-refractivity contribution is -0.128. The Hall–Kier alpha value is -4.13. The van der Waals surface area contributed by atoms with Gasteiger partial charge in [0, 0.05) is 30.6 Å². The first-order valence-electron chi connectivity index (χ1n) is 10.3. The van der Waals surface area contributed by atoms with Crippen molar-refractivity contribution >= 4 is 23.0 Å². The fourth-order valence-electron chi connectivity index (χ4n) is 3.78. The molecule has 1 fully saturated rings. The van der Waals surface area contributed by atoms with Crippen molar-refractivity contribution in [1.29, 1.82) is 0 Å². The maximum absolute atomic E-state index is 12.1. The van der Waals surface area contributed by atoms with Gasteiger partial charge in [-0.2, -0.15) is 0 Å². The number of aromatic carboxylic acids is 1. The van der Waals surface area contributed by atoms with E-state index in [0.717, 1.165) is 29.6 Å². The highest BCUT2D eigenvalue weighted by atomic mass is 16.5. The largest absolute Gasteiger partial charge is 0.478 e. The molecule has 1 amide bonds. The molecule has 0 atom stereocenters. The Labute approximate surface area is 183 Å². The van der Waals surface area contributed by atoms with Crippen LogP contribution in [0.3, 0.4) is 0 Å². The molecule has 1 saturated heterocycles. The van der Waals surface area contributed by atoms with E-state index in [1.807, 2.05) is 47.4 Å². The Morgan fingerprint density at radius 1 is 1.09 bits per heavy atom. The molecule has 5 rings (SSSR count). The first kappa shape index (κ1) is 19.8. The van der Waals surface area contributed by atoms with Crippen molar-refractivity contribution in [2.75, 3.05) is 6.54 Å². The van der Waals surface area contributed by atoms with E-state index in [-0.39, 0.29) is 11.5 Å². The van der Waals surface area contributed by atoms with Crippen molar-refractivity contribution in [2.24, 2.45) is 0 Å². The second-order valence-electron chi connectivity index (χ2n) is 7.66. The van der Waals surface area contributed by atoms with E-state index in [9.17, 15) is 9.59 Å². The molecule has 3 aromatic carbocycles. The molecule has 160 valence electrons. The molecule has 0 spiro atoms. The number of carboxylic acid groups (broad SMARTS) is 1. The van der Waals surface area contributed by atoms with Crippen LogP contribution < -0.4 is 4.74 Å².